The van der Waals surface area contributed by atoms with E-state index in [4.69, 9.17) is 17.3 Å². The van der Waals surface area contributed by atoms with E-state index in [-0.39, 0.29) is 11.9 Å². The highest BCUT2D eigenvalue weighted by atomic mass is 35.5. The Hall–Kier alpha value is -1.07. The summed E-state index contributed by atoms with van der Waals surface area (Å²) in [4.78, 5) is 14.1. The highest BCUT2D eigenvalue weighted by Gasteiger charge is 2.35. The quantitative estimate of drug-likeness (QED) is 0.929. The van der Waals surface area contributed by atoms with Gasteiger partial charge in [0.2, 0.25) is 5.91 Å². The number of nitrogens with zero attached hydrogens (tertiary/aromatic N) is 3. The van der Waals surface area contributed by atoms with Crippen molar-refractivity contribution < 1.29 is 4.79 Å². The van der Waals surface area contributed by atoms with Gasteiger partial charge in [-0.25, -0.2) is 0 Å². The SMILES string of the molecule is Cc1nn(CC(C)C)c(Cl)c1C1CCCN1C(=O)C(C)N. The summed E-state index contributed by atoms with van der Waals surface area (Å²) in [6, 6.07) is -0.465. The molecule has 1 aliphatic heterocycles. The fraction of sp³-hybridized carbons (Fsp3) is 0.733. The number of aryl methyl sites for hydroxylation is 1. The van der Waals surface area contributed by atoms with Crippen molar-refractivity contribution in [2.24, 2.45) is 11.7 Å². The lowest BCUT2D eigenvalue weighted by Crippen LogP contribution is -2.41. The van der Waals surface area contributed by atoms with Crippen molar-refractivity contribution >= 4 is 17.5 Å². The number of hydrogen-bond acceptors (Lipinski definition) is 3. The lowest BCUT2D eigenvalue weighted by atomic mass is 10.1. The van der Waals surface area contributed by atoms with Gasteiger partial charge < -0.3 is 10.6 Å². The van der Waals surface area contributed by atoms with Gasteiger partial charge >= 0.3 is 0 Å². The van der Waals surface area contributed by atoms with E-state index >= 15 is 0 Å². The molecule has 0 radical (unpaired) electrons. The second-order valence-corrected chi connectivity index (χ2v) is 6.70. The standard InChI is InChI=1S/C15H25ClN4O/c1-9(2)8-20-14(16)13(11(4)18-20)12-6-5-7-19(12)15(21)10(3)17/h9-10,12H,5-8,17H2,1-4H3. The molecule has 2 atom stereocenters. The molecule has 0 saturated carbocycles. The van der Waals surface area contributed by atoms with Crippen molar-refractivity contribution in [2.75, 3.05) is 6.54 Å². The number of nitrogens with two attached hydrogens (primary N) is 1. The molecule has 1 saturated heterocycles. The molecule has 0 spiro atoms. The Balaban J connectivity index is 2.32. The van der Waals surface area contributed by atoms with Crippen LogP contribution >= 0.6 is 11.6 Å². The normalized spacial score (nSPS) is 20.3. The summed E-state index contributed by atoms with van der Waals surface area (Å²) in [7, 11) is 0. The van der Waals surface area contributed by atoms with Crippen molar-refractivity contribution in [3.63, 3.8) is 0 Å². The third-order valence-electron chi connectivity index (χ3n) is 3.91. The smallest absolute Gasteiger partial charge is 0.239 e. The Bertz CT molecular complexity index is 524. The van der Waals surface area contributed by atoms with Crippen LogP contribution in [0.1, 0.15) is 50.9 Å². The first-order valence-corrected chi connectivity index (χ1v) is 7.99. The van der Waals surface area contributed by atoms with Crippen LogP contribution in [0, 0.1) is 12.8 Å². The van der Waals surface area contributed by atoms with E-state index in [0.717, 1.165) is 37.2 Å². The fourth-order valence-electron chi connectivity index (χ4n) is 3.00. The Morgan fingerprint density at radius 1 is 1.48 bits per heavy atom. The predicted molar refractivity (Wildman–Crippen MR) is 84.1 cm³/mol. The molecule has 2 unspecified atom stereocenters. The molecular formula is C15H25ClN4O. The van der Waals surface area contributed by atoms with E-state index in [1.165, 1.54) is 0 Å². The van der Waals surface area contributed by atoms with Crippen LogP contribution in [-0.4, -0.2) is 33.2 Å². The van der Waals surface area contributed by atoms with Crippen LogP contribution in [0.3, 0.4) is 0 Å². The summed E-state index contributed by atoms with van der Waals surface area (Å²) in [6.07, 6.45) is 1.90. The molecule has 1 amide bonds. The Kier molecular flexibility index (Phi) is 4.94. The number of carbonyl (C=O) groups excluding carboxylic acids is 1. The largest absolute Gasteiger partial charge is 0.334 e. The summed E-state index contributed by atoms with van der Waals surface area (Å²) in [6.45, 7) is 9.49. The van der Waals surface area contributed by atoms with Gasteiger partial charge in [-0.05, 0) is 32.6 Å². The zero-order valence-corrected chi connectivity index (χ0v) is 14.0. The summed E-state index contributed by atoms with van der Waals surface area (Å²) in [5, 5.41) is 5.21. The highest BCUT2D eigenvalue weighted by Crippen LogP contribution is 2.38. The van der Waals surface area contributed by atoms with Crippen LogP contribution in [0.2, 0.25) is 5.15 Å². The topological polar surface area (TPSA) is 64.2 Å². The van der Waals surface area contributed by atoms with E-state index in [0.29, 0.717) is 11.1 Å². The van der Waals surface area contributed by atoms with Crippen LogP contribution in [0.25, 0.3) is 0 Å². The first-order valence-electron chi connectivity index (χ1n) is 7.61. The molecule has 2 N–H and O–H groups in total. The zero-order chi connectivity index (χ0) is 15.7. The Labute approximate surface area is 131 Å². The van der Waals surface area contributed by atoms with Gasteiger partial charge in [-0.2, -0.15) is 5.10 Å². The maximum atomic E-state index is 12.3. The van der Waals surface area contributed by atoms with E-state index in [1.54, 1.807) is 6.92 Å². The van der Waals surface area contributed by atoms with Gasteiger partial charge in [0.25, 0.3) is 0 Å². The number of hydrogen-bond donors (Lipinski definition) is 1. The van der Waals surface area contributed by atoms with E-state index in [9.17, 15) is 4.79 Å². The fourth-order valence-corrected chi connectivity index (χ4v) is 3.37. The minimum absolute atomic E-state index is 0.00965. The van der Waals surface area contributed by atoms with Gasteiger partial charge in [0.1, 0.15) is 5.15 Å². The second-order valence-electron chi connectivity index (χ2n) is 6.34. The molecule has 0 aliphatic carbocycles. The third-order valence-corrected chi connectivity index (χ3v) is 4.30. The van der Waals surface area contributed by atoms with Crippen LogP contribution in [0.15, 0.2) is 0 Å². The zero-order valence-electron chi connectivity index (χ0n) is 13.3. The number of rotatable bonds is 4. The summed E-state index contributed by atoms with van der Waals surface area (Å²) in [5.74, 6) is 0.463. The van der Waals surface area contributed by atoms with Crippen molar-refractivity contribution in [3.8, 4) is 0 Å². The lowest BCUT2D eigenvalue weighted by Gasteiger charge is -2.26. The van der Waals surface area contributed by atoms with Crippen molar-refractivity contribution in [1.29, 1.82) is 0 Å². The molecule has 2 heterocycles. The molecule has 2 rings (SSSR count). The van der Waals surface area contributed by atoms with Crippen LogP contribution in [0.4, 0.5) is 0 Å². The summed E-state index contributed by atoms with van der Waals surface area (Å²) in [5.41, 5.74) is 7.66. The molecule has 0 bridgehead atoms. The third kappa shape index (κ3) is 3.24. The van der Waals surface area contributed by atoms with Gasteiger partial charge in [-0.15, -0.1) is 0 Å². The average molecular weight is 313 g/mol. The average Bonchev–Trinajstić information content (AvgIpc) is 2.94. The van der Waals surface area contributed by atoms with E-state index in [2.05, 4.69) is 18.9 Å². The van der Waals surface area contributed by atoms with E-state index in [1.807, 2.05) is 16.5 Å². The molecule has 118 valence electrons. The molecule has 1 aromatic heterocycles. The van der Waals surface area contributed by atoms with E-state index < -0.39 is 6.04 Å². The maximum Gasteiger partial charge on any atom is 0.239 e. The van der Waals surface area contributed by atoms with Crippen molar-refractivity contribution in [2.45, 2.75) is 59.2 Å². The van der Waals surface area contributed by atoms with Crippen molar-refractivity contribution in [3.05, 3.63) is 16.4 Å². The second kappa shape index (κ2) is 6.36. The lowest BCUT2D eigenvalue weighted by molar-refractivity contribution is -0.133. The maximum absolute atomic E-state index is 12.3. The number of aromatic nitrogens is 2. The summed E-state index contributed by atoms with van der Waals surface area (Å²) >= 11 is 6.53. The molecule has 21 heavy (non-hydrogen) atoms. The van der Waals surface area contributed by atoms with Gasteiger partial charge in [0, 0.05) is 18.7 Å². The first-order chi connectivity index (χ1) is 9.82. The van der Waals surface area contributed by atoms with Gasteiger partial charge in [-0.1, -0.05) is 25.4 Å². The van der Waals surface area contributed by atoms with Crippen molar-refractivity contribution in [1.82, 2.24) is 14.7 Å². The molecule has 1 fully saturated rings. The number of carbonyl (C=O) groups is 1. The number of likely N-dealkylation sites (tertiary alicyclic amines) is 1. The summed E-state index contributed by atoms with van der Waals surface area (Å²) < 4.78 is 1.85. The van der Waals surface area contributed by atoms with Gasteiger partial charge in [0.05, 0.1) is 17.8 Å². The molecule has 6 heteroatoms. The number of amides is 1. The predicted octanol–water partition coefficient (Wildman–Crippen LogP) is 2.51. The van der Waals surface area contributed by atoms with Crippen LogP contribution in [0.5, 0.6) is 0 Å². The van der Waals surface area contributed by atoms with Gasteiger partial charge in [-0.3, -0.25) is 9.48 Å². The highest BCUT2D eigenvalue weighted by molar-refractivity contribution is 6.30. The number of halogens is 1. The van der Waals surface area contributed by atoms with Crippen LogP contribution in [-0.2, 0) is 11.3 Å². The minimum atomic E-state index is -0.476. The molecular weight excluding hydrogens is 288 g/mol. The Morgan fingerprint density at radius 3 is 2.71 bits per heavy atom. The first kappa shape index (κ1) is 16.3. The van der Waals surface area contributed by atoms with Gasteiger partial charge in [0.15, 0.2) is 0 Å². The molecule has 1 aromatic rings. The Morgan fingerprint density at radius 2 is 2.14 bits per heavy atom. The molecule has 0 aromatic carbocycles. The molecule has 5 nitrogen and oxygen atoms in total. The molecule has 1 aliphatic rings. The monoisotopic (exact) mass is 312 g/mol. The minimum Gasteiger partial charge on any atom is -0.334 e. The van der Waals surface area contributed by atoms with Crippen LogP contribution < -0.4 is 5.73 Å².